The largest absolute Gasteiger partial charge is 0.436 e. The molecule has 1 heterocycles. The first-order valence-corrected chi connectivity index (χ1v) is 6.65. The maximum Gasteiger partial charge on any atom is 0.272 e. The Morgan fingerprint density at radius 3 is 2.62 bits per heavy atom. The van der Waals surface area contributed by atoms with E-state index >= 15 is 0 Å². The SMILES string of the molecule is Cc1ccc(-c2nc3cc([N+](=O)[O-])cc(C)c3o2)cc1Cl. The minimum absolute atomic E-state index is 0.00166. The van der Waals surface area contributed by atoms with Gasteiger partial charge in [0.15, 0.2) is 5.58 Å². The zero-order valence-electron chi connectivity index (χ0n) is 11.4. The van der Waals surface area contributed by atoms with E-state index in [-0.39, 0.29) is 5.69 Å². The van der Waals surface area contributed by atoms with E-state index in [0.29, 0.717) is 27.6 Å². The number of fused-ring (bicyclic) bond motifs is 1. The molecule has 0 saturated carbocycles. The van der Waals surface area contributed by atoms with Crippen LogP contribution in [0.15, 0.2) is 34.7 Å². The van der Waals surface area contributed by atoms with Gasteiger partial charge >= 0.3 is 0 Å². The predicted molar refractivity (Wildman–Crippen MR) is 80.6 cm³/mol. The first-order valence-electron chi connectivity index (χ1n) is 6.28. The summed E-state index contributed by atoms with van der Waals surface area (Å²) in [7, 11) is 0. The zero-order valence-corrected chi connectivity index (χ0v) is 12.1. The van der Waals surface area contributed by atoms with Crippen LogP contribution in [0.4, 0.5) is 5.69 Å². The molecule has 0 atom stereocenters. The van der Waals surface area contributed by atoms with Crippen molar-refractivity contribution >= 4 is 28.4 Å². The second-order valence-electron chi connectivity index (χ2n) is 4.85. The molecule has 0 bridgehead atoms. The van der Waals surface area contributed by atoms with Gasteiger partial charge in [-0.2, -0.15) is 0 Å². The highest BCUT2D eigenvalue weighted by Gasteiger charge is 2.16. The average Bonchev–Trinajstić information content (AvgIpc) is 2.86. The number of hydrogen-bond acceptors (Lipinski definition) is 4. The van der Waals surface area contributed by atoms with Crippen molar-refractivity contribution < 1.29 is 9.34 Å². The second-order valence-corrected chi connectivity index (χ2v) is 5.26. The molecule has 2 aromatic carbocycles. The molecule has 106 valence electrons. The third-order valence-corrected chi connectivity index (χ3v) is 3.70. The van der Waals surface area contributed by atoms with Crippen molar-refractivity contribution in [3.63, 3.8) is 0 Å². The summed E-state index contributed by atoms with van der Waals surface area (Å²) in [6.45, 7) is 3.66. The Morgan fingerprint density at radius 2 is 1.95 bits per heavy atom. The number of hydrogen-bond donors (Lipinski definition) is 0. The highest BCUT2D eigenvalue weighted by atomic mass is 35.5. The number of nitro groups is 1. The van der Waals surface area contributed by atoms with Crippen LogP contribution in [0.5, 0.6) is 0 Å². The third kappa shape index (κ3) is 2.36. The Hall–Kier alpha value is -2.40. The van der Waals surface area contributed by atoms with Crippen molar-refractivity contribution in [2.75, 3.05) is 0 Å². The van der Waals surface area contributed by atoms with E-state index < -0.39 is 4.92 Å². The van der Waals surface area contributed by atoms with Crippen molar-refractivity contribution in [3.8, 4) is 11.5 Å². The van der Waals surface area contributed by atoms with E-state index in [1.807, 2.05) is 19.1 Å². The standard InChI is InChI=1S/C15H11ClN2O3/c1-8-3-4-10(6-12(8)16)15-17-13-7-11(18(19)20)5-9(2)14(13)21-15/h3-7H,1-2H3. The first kappa shape index (κ1) is 13.6. The molecule has 0 N–H and O–H groups in total. The Bertz CT molecular complexity index is 871. The summed E-state index contributed by atoms with van der Waals surface area (Å²) in [6.07, 6.45) is 0. The van der Waals surface area contributed by atoms with Crippen LogP contribution >= 0.6 is 11.6 Å². The lowest BCUT2D eigenvalue weighted by Gasteiger charge is -1.99. The van der Waals surface area contributed by atoms with Gasteiger partial charge in [-0.1, -0.05) is 17.7 Å². The molecule has 0 aliphatic rings. The molecule has 5 nitrogen and oxygen atoms in total. The smallest absolute Gasteiger partial charge is 0.272 e. The van der Waals surface area contributed by atoms with Crippen LogP contribution < -0.4 is 0 Å². The summed E-state index contributed by atoms with van der Waals surface area (Å²) in [5.41, 5.74) is 3.39. The van der Waals surface area contributed by atoms with Gasteiger partial charge < -0.3 is 4.42 Å². The summed E-state index contributed by atoms with van der Waals surface area (Å²) in [5.74, 6) is 0.399. The van der Waals surface area contributed by atoms with E-state index in [0.717, 1.165) is 11.1 Å². The minimum atomic E-state index is -0.441. The molecule has 21 heavy (non-hydrogen) atoms. The number of oxazole rings is 1. The number of aromatic nitrogens is 1. The number of halogens is 1. The predicted octanol–water partition coefficient (Wildman–Crippen LogP) is 4.67. The molecule has 0 saturated heterocycles. The van der Waals surface area contributed by atoms with Crippen molar-refractivity contribution in [1.29, 1.82) is 0 Å². The van der Waals surface area contributed by atoms with Crippen LogP contribution in [0.3, 0.4) is 0 Å². The van der Waals surface area contributed by atoms with Crippen LogP contribution in [-0.4, -0.2) is 9.91 Å². The summed E-state index contributed by atoms with van der Waals surface area (Å²) >= 11 is 6.10. The minimum Gasteiger partial charge on any atom is -0.436 e. The van der Waals surface area contributed by atoms with E-state index in [2.05, 4.69) is 4.98 Å². The lowest BCUT2D eigenvalue weighted by molar-refractivity contribution is -0.384. The van der Waals surface area contributed by atoms with Gasteiger partial charge in [-0.3, -0.25) is 10.1 Å². The summed E-state index contributed by atoms with van der Waals surface area (Å²) in [5, 5.41) is 11.5. The van der Waals surface area contributed by atoms with Gasteiger partial charge in [0, 0.05) is 28.3 Å². The number of nitrogens with zero attached hydrogens (tertiary/aromatic N) is 2. The van der Waals surface area contributed by atoms with E-state index in [1.54, 1.807) is 13.0 Å². The Kier molecular flexibility index (Phi) is 3.14. The first-order chi connectivity index (χ1) is 9.95. The summed E-state index contributed by atoms with van der Waals surface area (Å²) in [6, 6.07) is 8.38. The topological polar surface area (TPSA) is 69.2 Å². The summed E-state index contributed by atoms with van der Waals surface area (Å²) in [4.78, 5) is 14.8. The average molecular weight is 303 g/mol. The molecule has 0 aliphatic heterocycles. The molecule has 3 aromatic rings. The number of rotatable bonds is 2. The normalized spacial score (nSPS) is 11.0. The van der Waals surface area contributed by atoms with Crippen LogP contribution in [0.2, 0.25) is 5.02 Å². The van der Waals surface area contributed by atoms with E-state index in [9.17, 15) is 10.1 Å². The fourth-order valence-corrected chi connectivity index (χ4v) is 2.32. The zero-order chi connectivity index (χ0) is 15.1. The van der Waals surface area contributed by atoms with Gasteiger partial charge in [0.05, 0.1) is 4.92 Å². The fraction of sp³-hybridized carbons (Fsp3) is 0.133. The Labute approximate surface area is 125 Å². The molecule has 0 radical (unpaired) electrons. The van der Waals surface area contributed by atoms with Crippen LogP contribution in [-0.2, 0) is 0 Å². The van der Waals surface area contributed by atoms with Crippen LogP contribution in [0, 0.1) is 24.0 Å². The molecule has 0 aliphatic carbocycles. The van der Waals surface area contributed by atoms with Crippen LogP contribution in [0.1, 0.15) is 11.1 Å². The van der Waals surface area contributed by atoms with Crippen molar-refractivity contribution in [2.45, 2.75) is 13.8 Å². The molecular formula is C15H11ClN2O3. The van der Waals surface area contributed by atoms with Gasteiger partial charge in [0.2, 0.25) is 5.89 Å². The fourth-order valence-electron chi connectivity index (χ4n) is 2.14. The van der Waals surface area contributed by atoms with Gasteiger partial charge in [0.1, 0.15) is 5.52 Å². The third-order valence-electron chi connectivity index (χ3n) is 3.29. The number of benzene rings is 2. The Morgan fingerprint density at radius 1 is 1.19 bits per heavy atom. The van der Waals surface area contributed by atoms with Gasteiger partial charge in [-0.25, -0.2) is 4.98 Å². The maximum atomic E-state index is 10.9. The van der Waals surface area contributed by atoms with Crippen molar-refractivity contribution in [1.82, 2.24) is 4.98 Å². The van der Waals surface area contributed by atoms with Crippen molar-refractivity contribution in [3.05, 3.63) is 56.6 Å². The van der Waals surface area contributed by atoms with Gasteiger partial charge in [-0.15, -0.1) is 0 Å². The number of aryl methyl sites for hydroxylation is 2. The van der Waals surface area contributed by atoms with Gasteiger partial charge in [0.25, 0.3) is 5.69 Å². The lowest BCUT2D eigenvalue weighted by atomic mass is 10.1. The van der Waals surface area contributed by atoms with Gasteiger partial charge in [-0.05, 0) is 31.5 Å². The maximum absolute atomic E-state index is 10.9. The second kappa shape index (κ2) is 4.86. The number of non-ortho nitro benzene ring substituents is 1. The van der Waals surface area contributed by atoms with Crippen molar-refractivity contribution in [2.24, 2.45) is 0 Å². The highest BCUT2D eigenvalue weighted by Crippen LogP contribution is 2.31. The van der Waals surface area contributed by atoms with E-state index in [4.69, 9.17) is 16.0 Å². The molecule has 3 rings (SSSR count). The molecule has 0 unspecified atom stereocenters. The highest BCUT2D eigenvalue weighted by molar-refractivity contribution is 6.31. The quantitative estimate of drug-likeness (QED) is 0.509. The summed E-state index contributed by atoms with van der Waals surface area (Å²) < 4.78 is 5.72. The van der Waals surface area contributed by atoms with E-state index in [1.165, 1.54) is 12.1 Å². The molecular weight excluding hydrogens is 292 g/mol. The lowest BCUT2D eigenvalue weighted by Crippen LogP contribution is -1.88. The molecule has 0 spiro atoms. The molecule has 1 aromatic heterocycles. The monoisotopic (exact) mass is 302 g/mol. The molecule has 6 heteroatoms. The Balaban J connectivity index is 2.18. The molecule has 0 amide bonds. The number of nitro benzene ring substituents is 1. The van der Waals surface area contributed by atoms with Crippen LogP contribution in [0.25, 0.3) is 22.6 Å². The molecule has 0 fully saturated rings.